The van der Waals surface area contributed by atoms with Crippen LogP contribution in [0.2, 0.25) is 0 Å². The Hall–Kier alpha value is -2.86. The van der Waals surface area contributed by atoms with E-state index in [0.717, 1.165) is 41.6 Å². The summed E-state index contributed by atoms with van der Waals surface area (Å²) in [5.41, 5.74) is 7.78. The maximum atomic E-state index is 5.00. The SMILES string of the molecule is CCC(C)CCc1ccc(/C=C/c2ccc(N(C)c3nc(SC4CCCCC4)nc(N4CC4(C)CC)n3)c(C)c2)cc1C. The van der Waals surface area contributed by atoms with Gasteiger partial charge in [-0.2, -0.15) is 15.0 Å². The molecule has 6 heteroatoms. The third-order valence-corrected chi connectivity index (χ3v) is 11.0. The Kier molecular flexibility index (Phi) is 10.2. The lowest BCUT2D eigenvalue weighted by molar-refractivity contribution is 0.515. The summed E-state index contributed by atoms with van der Waals surface area (Å²) in [7, 11) is 2.08. The molecule has 1 aliphatic carbocycles. The number of thioether (sulfide) groups is 1. The quantitative estimate of drug-likeness (QED) is 0.153. The highest BCUT2D eigenvalue weighted by molar-refractivity contribution is 7.99. The first-order chi connectivity index (χ1) is 20.7. The van der Waals surface area contributed by atoms with E-state index in [1.54, 1.807) is 0 Å². The molecule has 1 saturated carbocycles. The van der Waals surface area contributed by atoms with Gasteiger partial charge in [0.2, 0.25) is 11.9 Å². The molecule has 2 aromatic carbocycles. The van der Waals surface area contributed by atoms with Crippen LogP contribution >= 0.6 is 11.8 Å². The summed E-state index contributed by atoms with van der Waals surface area (Å²) >= 11 is 1.85. The molecule has 2 aliphatic rings. The predicted octanol–water partition coefficient (Wildman–Crippen LogP) is 9.82. The largest absolute Gasteiger partial charge is 0.331 e. The summed E-state index contributed by atoms with van der Waals surface area (Å²) < 4.78 is 0. The van der Waals surface area contributed by atoms with E-state index in [1.807, 2.05) is 11.8 Å². The molecule has 2 atom stereocenters. The van der Waals surface area contributed by atoms with Crippen LogP contribution in [0.15, 0.2) is 41.6 Å². The maximum Gasteiger partial charge on any atom is 0.235 e. The van der Waals surface area contributed by atoms with Gasteiger partial charge in [-0.1, -0.05) is 94.6 Å². The second kappa shape index (κ2) is 13.8. The van der Waals surface area contributed by atoms with Crippen molar-refractivity contribution in [3.8, 4) is 0 Å². The van der Waals surface area contributed by atoms with Crippen LogP contribution in [0, 0.1) is 19.8 Å². The Morgan fingerprint density at radius 1 is 0.977 bits per heavy atom. The van der Waals surface area contributed by atoms with Crippen molar-refractivity contribution in [2.75, 3.05) is 23.4 Å². The van der Waals surface area contributed by atoms with E-state index in [2.05, 4.69) is 107 Å². The van der Waals surface area contributed by atoms with Crippen LogP contribution in [0.1, 0.15) is 107 Å². The summed E-state index contributed by atoms with van der Waals surface area (Å²) in [6, 6.07) is 13.5. The van der Waals surface area contributed by atoms with Gasteiger partial charge in [-0.3, -0.25) is 0 Å². The molecule has 1 saturated heterocycles. The van der Waals surface area contributed by atoms with Crippen molar-refractivity contribution < 1.29 is 0 Å². The fourth-order valence-electron chi connectivity index (χ4n) is 6.08. The number of anilines is 3. The molecule has 230 valence electrons. The van der Waals surface area contributed by atoms with Crippen molar-refractivity contribution in [2.24, 2.45) is 5.92 Å². The Labute approximate surface area is 264 Å². The Bertz CT molecular complexity index is 1430. The van der Waals surface area contributed by atoms with Gasteiger partial charge >= 0.3 is 0 Å². The molecule has 0 spiro atoms. The number of nitrogens with zero attached hydrogens (tertiary/aromatic N) is 5. The summed E-state index contributed by atoms with van der Waals surface area (Å²) in [4.78, 5) is 19.4. The number of aromatic nitrogens is 3. The average Bonchev–Trinajstić information content (AvgIpc) is 3.71. The van der Waals surface area contributed by atoms with Crippen molar-refractivity contribution in [1.82, 2.24) is 15.0 Å². The third-order valence-electron chi connectivity index (χ3n) is 9.79. The molecule has 2 heterocycles. The van der Waals surface area contributed by atoms with Gasteiger partial charge in [0.05, 0.1) is 5.54 Å². The van der Waals surface area contributed by atoms with E-state index in [0.29, 0.717) is 5.25 Å². The topological polar surface area (TPSA) is 44.9 Å². The molecule has 1 aliphatic heterocycles. The summed E-state index contributed by atoms with van der Waals surface area (Å²) in [6.45, 7) is 14.6. The van der Waals surface area contributed by atoms with Crippen LogP contribution in [-0.4, -0.2) is 39.3 Å². The Morgan fingerprint density at radius 2 is 1.67 bits per heavy atom. The molecule has 0 amide bonds. The first-order valence-electron chi connectivity index (χ1n) is 16.5. The van der Waals surface area contributed by atoms with E-state index in [-0.39, 0.29) is 5.54 Å². The highest BCUT2D eigenvalue weighted by atomic mass is 32.2. The van der Waals surface area contributed by atoms with Gasteiger partial charge in [-0.15, -0.1) is 0 Å². The van der Waals surface area contributed by atoms with Gasteiger partial charge in [-0.05, 0) is 98.7 Å². The first kappa shape index (κ1) is 31.6. The lowest BCUT2D eigenvalue weighted by Gasteiger charge is -2.23. The number of hydrogen-bond donors (Lipinski definition) is 0. The van der Waals surface area contributed by atoms with Crippen LogP contribution in [-0.2, 0) is 6.42 Å². The minimum absolute atomic E-state index is 0.153. The normalized spacial score (nSPS) is 19.7. The molecule has 0 bridgehead atoms. The average molecular weight is 598 g/mol. The molecule has 5 rings (SSSR count). The van der Waals surface area contributed by atoms with Crippen molar-refractivity contribution in [3.63, 3.8) is 0 Å². The molecular formula is C37H51N5S. The van der Waals surface area contributed by atoms with Gasteiger partial charge in [0.1, 0.15) is 0 Å². The smallest absolute Gasteiger partial charge is 0.235 e. The molecule has 0 N–H and O–H groups in total. The summed E-state index contributed by atoms with van der Waals surface area (Å²) in [6.07, 6.45) is 15.7. The zero-order chi connectivity index (χ0) is 30.6. The maximum absolute atomic E-state index is 5.00. The van der Waals surface area contributed by atoms with E-state index < -0.39 is 0 Å². The van der Waals surface area contributed by atoms with Crippen molar-refractivity contribution in [1.29, 1.82) is 0 Å². The minimum atomic E-state index is 0.153. The second-order valence-electron chi connectivity index (χ2n) is 13.2. The molecule has 5 nitrogen and oxygen atoms in total. The van der Waals surface area contributed by atoms with Crippen molar-refractivity contribution in [2.45, 2.75) is 115 Å². The molecule has 43 heavy (non-hydrogen) atoms. The zero-order valence-electron chi connectivity index (χ0n) is 27.5. The monoisotopic (exact) mass is 597 g/mol. The van der Waals surface area contributed by atoms with E-state index in [4.69, 9.17) is 15.0 Å². The van der Waals surface area contributed by atoms with Gasteiger partial charge in [0.25, 0.3) is 0 Å². The summed E-state index contributed by atoms with van der Waals surface area (Å²) in [5.74, 6) is 2.33. The van der Waals surface area contributed by atoms with Crippen LogP contribution in [0.5, 0.6) is 0 Å². The van der Waals surface area contributed by atoms with Crippen LogP contribution in [0.25, 0.3) is 12.2 Å². The molecule has 2 unspecified atom stereocenters. The number of hydrogen-bond acceptors (Lipinski definition) is 6. The second-order valence-corrected chi connectivity index (χ2v) is 14.5. The van der Waals surface area contributed by atoms with Crippen LogP contribution in [0.3, 0.4) is 0 Å². The molecule has 3 aromatic rings. The van der Waals surface area contributed by atoms with E-state index in [1.165, 1.54) is 79.2 Å². The standard InChI is InChI=1S/C37H51N5S/c1-8-26(3)15-20-31-21-18-29(23-27(31)4)16-17-30-19-22-33(28(5)24-30)41(7)34-38-35(42-25-37(42,6)9-2)40-36(39-34)43-32-13-11-10-12-14-32/h16-19,21-24,26,32H,8-15,20,25H2,1-7H3/b17-16+. The fourth-order valence-corrected chi connectivity index (χ4v) is 7.22. The summed E-state index contributed by atoms with van der Waals surface area (Å²) in [5, 5.41) is 1.47. The highest BCUT2D eigenvalue weighted by Gasteiger charge is 2.48. The number of benzene rings is 2. The van der Waals surface area contributed by atoms with Crippen molar-refractivity contribution in [3.05, 3.63) is 64.2 Å². The number of rotatable bonds is 12. The molecule has 1 aromatic heterocycles. The van der Waals surface area contributed by atoms with Crippen LogP contribution in [0.4, 0.5) is 17.6 Å². The lowest BCUT2D eigenvalue weighted by atomic mass is 9.95. The van der Waals surface area contributed by atoms with Crippen LogP contribution < -0.4 is 9.80 Å². The molecule has 2 fully saturated rings. The van der Waals surface area contributed by atoms with E-state index in [9.17, 15) is 0 Å². The Balaban J connectivity index is 1.32. The molecular weight excluding hydrogens is 547 g/mol. The lowest BCUT2D eigenvalue weighted by Crippen LogP contribution is -2.19. The Morgan fingerprint density at radius 3 is 2.30 bits per heavy atom. The van der Waals surface area contributed by atoms with Gasteiger partial charge in [0.15, 0.2) is 5.16 Å². The minimum Gasteiger partial charge on any atom is -0.331 e. The highest BCUT2D eigenvalue weighted by Crippen LogP contribution is 2.40. The van der Waals surface area contributed by atoms with Gasteiger partial charge in [-0.25, -0.2) is 0 Å². The first-order valence-corrected chi connectivity index (χ1v) is 17.4. The number of aryl methyl sites for hydroxylation is 3. The van der Waals surface area contributed by atoms with Gasteiger partial charge < -0.3 is 9.80 Å². The zero-order valence-corrected chi connectivity index (χ0v) is 28.3. The van der Waals surface area contributed by atoms with Gasteiger partial charge in [0, 0.05) is 24.5 Å². The third kappa shape index (κ3) is 7.81. The van der Waals surface area contributed by atoms with Crippen molar-refractivity contribution >= 4 is 41.5 Å². The molecule has 0 radical (unpaired) electrons. The fraction of sp³-hybridized carbons (Fsp3) is 0.541. The predicted molar refractivity (Wildman–Crippen MR) is 186 cm³/mol. The van der Waals surface area contributed by atoms with E-state index >= 15 is 0 Å².